The molecule has 1 saturated heterocycles. The SMILES string of the molecule is C=CCN1CCCCC1C=C. The Balaban J connectivity index is 2.43. The van der Waals surface area contributed by atoms with Crippen molar-refractivity contribution in [2.75, 3.05) is 13.1 Å². The van der Waals surface area contributed by atoms with Gasteiger partial charge in [0.25, 0.3) is 0 Å². The van der Waals surface area contributed by atoms with Gasteiger partial charge in [-0.05, 0) is 19.4 Å². The van der Waals surface area contributed by atoms with Gasteiger partial charge in [0.1, 0.15) is 0 Å². The molecule has 0 aromatic carbocycles. The first kappa shape index (κ1) is 8.54. The minimum absolute atomic E-state index is 0.599. The van der Waals surface area contributed by atoms with Crippen LogP contribution >= 0.6 is 0 Å². The molecule has 0 aromatic rings. The fourth-order valence-electron chi connectivity index (χ4n) is 1.68. The molecule has 0 radical (unpaired) electrons. The molecule has 0 N–H and O–H groups in total. The summed E-state index contributed by atoms with van der Waals surface area (Å²) in [5, 5.41) is 0. The molecular weight excluding hydrogens is 134 g/mol. The highest BCUT2D eigenvalue weighted by Gasteiger charge is 2.17. The monoisotopic (exact) mass is 151 g/mol. The van der Waals surface area contributed by atoms with Crippen molar-refractivity contribution in [1.82, 2.24) is 4.90 Å². The summed E-state index contributed by atoms with van der Waals surface area (Å²) >= 11 is 0. The molecule has 0 aliphatic carbocycles. The molecular formula is C10H17N. The molecule has 0 saturated carbocycles. The summed E-state index contributed by atoms with van der Waals surface area (Å²) in [6.07, 6.45) is 7.99. The van der Waals surface area contributed by atoms with E-state index in [-0.39, 0.29) is 0 Å². The Labute approximate surface area is 69.4 Å². The van der Waals surface area contributed by atoms with Crippen molar-refractivity contribution in [3.63, 3.8) is 0 Å². The van der Waals surface area contributed by atoms with Crippen LogP contribution in [0.15, 0.2) is 25.3 Å². The molecule has 1 atom stereocenters. The predicted octanol–water partition coefficient (Wildman–Crippen LogP) is 2.21. The largest absolute Gasteiger partial charge is 0.293 e. The van der Waals surface area contributed by atoms with E-state index >= 15 is 0 Å². The molecule has 0 spiro atoms. The van der Waals surface area contributed by atoms with Crippen molar-refractivity contribution in [3.05, 3.63) is 25.3 Å². The molecule has 1 aliphatic heterocycles. The Morgan fingerprint density at radius 1 is 1.36 bits per heavy atom. The second-order valence-corrected chi connectivity index (χ2v) is 3.08. The Bertz CT molecular complexity index is 140. The van der Waals surface area contributed by atoms with Gasteiger partial charge in [0.15, 0.2) is 0 Å². The van der Waals surface area contributed by atoms with Crippen molar-refractivity contribution in [2.45, 2.75) is 25.3 Å². The van der Waals surface area contributed by atoms with Crippen molar-refractivity contribution < 1.29 is 0 Å². The standard InChI is InChI=1S/C10H17N/c1-3-8-11-9-6-5-7-10(11)4-2/h3-4,10H,1-2,5-9H2. The van der Waals surface area contributed by atoms with E-state index < -0.39 is 0 Å². The highest BCUT2D eigenvalue weighted by molar-refractivity contribution is 4.92. The molecule has 1 aliphatic rings. The maximum atomic E-state index is 3.84. The third-order valence-corrected chi connectivity index (χ3v) is 2.30. The van der Waals surface area contributed by atoms with Gasteiger partial charge in [-0.3, -0.25) is 4.90 Å². The molecule has 62 valence electrons. The summed E-state index contributed by atoms with van der Waals surface area (Å²) in [6.45, 7) is 9.81. The van der Waals surface area contributed by atoms with Gasteiger partial charge in [0, 0.05) is 12.6 Å². The summed E-state index contributed by atoms with van der Waals surface area (Å²) < 4.78 is 0. The Hall–Kier alpha value is -0.560. The van der Waals surface area contributed by atoms with Crippen molar-refractivity contribution >= 4 is 0 Å². The van der Waals surface area contributed by atoms with E-state index in [1.807, 2.05) is 6.08 Å². The second kappa shape index (κ2) is 4.35. The minimum atomic E-state index is 0.599. The van der Waals surface area contributed by atoms with E-state index in [2.05, 4.69) is 24.1 Å². The van der Waals surface area contributed by atoms with E-state index in [9.17, 15) is 0 Å². The topological polar surface area (TPSA) is 3.24 Å². The predicted molar refractivity (Wildman–Crippen MR) is 49.6 cm³/mol. The number of nitrogens with zero attached hydrogens (tertiary/aromatic N) is 1. The summed E-state index contributed by atoms with van der Waals surface area (Å²) in [6, 6.07) is 0.599. The first-order valence-corrected chi connectivity index (χ1v) is 4.36. The lowest BCUT2D eigenvalue weighted by Crippen LogP contribution is -2.37. The fourth-order valence-corrected chi connectivity index (χ4v) is 1.68. The molecule has 1 rings (SSSR count). The zero-order valence-electron chi connectivity index (χ0n) is 7.13. The van der Waals surface area contributed by atoms with Gasteiger partial charge in [-0.1, -0.05) is 18.6 Å². The van der Waals surface area contributed by atoms with Gasteiger partial charge in [0.2, 0.25) is 0 Å². The third-order valence-electron chi connectivity index (χ3n) is 2.30. The minimum Gasteiger partial charge on any atom is -0.293 e. The van der Waals surface area contributed by atoms with Crippen molar-refractivity contribution in [2.24, 2.45) is 0 Å². The first-order valence-electron chi connectivity index (χ1n) is 4.36. The lowest BCUT2D eigenvalue weighted by Gasteiger charge is -2.32. The molecule has 1 heteroatoms. The van der Waals surface area contributed by atoms with Gasteiger partial charge < -0.3 is 0 Å². The van der Waals surface area contributed by atoms with E-state index in [4.69, 9.17) is 0 Å². The van der Waals surface area contributed by atoms with Crippen LogP contribution in [-0.2, 0) is 0 Å². The average molecular weight is 151 g/mol. The Morgan fingerprint density at radius 3 is 2.82 bits per heavy atom. The average Bonchev–Trinajstić information content (AvgIpc) is 2.06. The highest BCUT2D eigenvalue weighted by atomic mass is 15.1. The summed E-state index contributed by atoms with van der Waals surface area (Å²) in [5.74, 6) is 0. The third kappa shape index (κ3) is 2.19. The van der Waals surface area contributed by atoms with Crippen LogP contribution < -0.4 is 0 Å². The first-order chi connectivity index (χ1) is 5.38. The van der Waals surface area contributed by atoms with Crippen LogP contribution in [0.2, 0.25) is 0 Å². The lowest BCUT2D eigenvalue weighted by molar-refractivity contribution is 0.199. The van der Waals surface area contributed by atoms with Crippen LogP contribution in [-0.4, -0.2) is 24.0 Å². The Morgan fingerprint density at radius 2 is 2.18 bits per heavy atom. The normalized spacial score (nSPS) is 26.4. The molecule has 1 fully saturated rings. The maximum absolute atomic E-state index is 3.84. The fraction of sp³-hybridized carbons (Fsp3) is 0.600. The number of hydrogen-bond acceptors (Lipinski definition) is 1. The summed E-state index contributed by atoms with van der Waals surface area (Å²) in [5.41, 5.74) is 0. The second-order valence-electron chi connectivity index (χ2n) is 3.08. The zero-order valence-corrected chi connectivity index (χ0v) is 7.13. The van der Waals surface area contributed by atoms with Gasteiger partial charge >= 0.3 is 0 Å². The molecule has 0 aromatic heterocycles. The van der Waals surface area contributed by atoms with Crippen molar-refractivity contribution in [3.8, 4) is 0 Å². The van der Waals surface area contributed by atoms with Gasteiger partial charge in [-0.25, -0.2) is 0 Å². The molecule has 1 unspecified atom stereocenters. The smallest absolute Gasteiger partial charge is 0.0278 e. The van der Waals surface area contributed by atoms with E-state index in [0.717, 1.165) is 6.54 Å². The van der Waals surface area contributed by atoms with Gasteiger partial charge in [-0.2, -0.15) is 0 Å². The zero-order chi connectivity index (χ0) is 8.10. The highest BCUT2D eigenvalue weighted by Crippen LogP contribution is 2.16. The summed E-state index contributed by atoms with van der Waals surface area (Å²) in [4.78, 5) is 2.43. The molecule has 1 heterocycles. The Kier molecular flexibility index (Phi) is 3.37. The molecule has 11 heavy (non-hydrogen) atoms. The van der Waals surface area contributed by atoms with Crippen molar-refractivity contribution in [1.29, 1.82) is 0 Å². The van der Waals surface area contributed by atoms with Gasteiger partial charge in [-0.15, -0.1) is 13.2 Å². The quantitative estimate of drug-likeness (QED) is 0.559. The number of hydrogen-bond donors (Lipinski definition) is 0. The van der Waals surface area contributed by atoms with Crippen LogP contribution in [0.5, 0.6) is 0 Å². The van der Waals surface area contributed by atoms with Crippen LogP contribution in [0.4, 0.5) is 0 Å². The van der Waals surface area contributed by atoms with Crippen LogP contribution in [0.1, 0.15) is 19.3 Å². The van der Waals surface area contributed by atoms with Crippen LogP contribution in [0.25, 0.3) is 0 Å². The number of rotatable bonds is 3. The van der Waals surface area contributed by atoms with E-state index in [0.29, 0.717) is 6.04 Å². The van der Waals surface area contributed by atoms with Crippen LogP contribution in [0.3, 0.4) is 0 Å². The van der Waals surface area contributed by atoms with E-state index in [1.54, 1.807) is 0 Å². The summed E-state index contributed by atoms with van der Waals surface area (Å²) in [7, 11) is 0. The molecule has 1 nitrogen and oxygen atoms in total. The molecule has 0 bridgehead atoms. The number of piperidine rings is 1. The van der Waals surface area contributed by atoms with Crippen LogP contribution in [0, 0.1) is 0 Å². The molecule has 0 amide bonds. The number of likely N-dealkylation sites (tertiary alicyclic amines) is 1. The van der Waals surface area contributed by atoms with E-state index in [1.165, 1.54) is 25.8 Å². The van der Waals surface area contributed by atoms with Gasteiger partial charge in [0.05, 0.1) is 0 Å². The lowest BCUT2D eigenvalue weighted by atomic mass is 10.0. The maximum Gasteiger partial charge on any atom is 0.0278 e.